The number of imide groups is 2. The van der Waals surface area contributed by atoms with Crippen LogP contribution >= 0.6 is 23.2 Å². The summed E-state index contributed by atoms with van der Waals surface area (Å²) in [4.78, 5) is 156. The molecule has 4 saturated heterocycles. The van der Waals surface area contributed by atoms with Gasteiger partial charge in [0.1, 0.15) is 81.5 Å². The molecule has 2 aromatic carbocycles. The van der Waals surface area contributed by atoms with Crippen molar-refractivity contribution in [1.82, 2.24) is 30.7 Å². The largest absolute Gasteiger partial charge is 0.495 e. The molecule has 35 heteroatoms. The van der Waals surface area contributed by atoms with Gasteiger partial charge in [0.15, 0.2) is 11.4 Å². The SMILES string of the molecule is CC.CCC.CCC.CN[C@@H](C)C(=O)O[C@H]1CC(=O)N(C)c2cc(cc(OC)c2Cl)C/C(C)=C/C=C/[C@@H](OC)[C@@]2(O)C[C@H](OC(=O)N2)[C@@H](C)C2O[C@]21C.COc1cc2cc(c1Cl)N(C)C(=O)C[C@H](OC(=O)[C@H](C)N(C)C(=O)CCCCCN1C(=O)C=CC1=O)[C@]1(C)OC1[C@H](C)[C@@H]1C[C@@](O)(NC(=O)O1)[C@H](OC)/C=C/C=C(\C)C2.O=C(O)CCCCCN1C(=O)C=CC1=O. The normalized spacial score (nSPS) is 28.6. The third-order valence-electron chi connectivity index (χ3n) is 22.9. The molecule has 8 bridgehead atoms. The Kier molecular flexibility index (Phi) is 42.4. The zero-order chi connectivity index (χ0) is 95.3. The van der Waals surface area contributed by atoms with Crippen molar-refractivity contribution in [3.8, 4) is 11.5 Å². The Bertz CT molecular complexity index is 4340. The number of rotatable bonds is 22. The van der Waals surface area contributed by atoms with E-state index >= 15 is 0 Å². The summed E-state index contributed by atoms with van der Waals surface area (Å²) in [6.07, 6.45) is 13.4. The van der Waals surface area contributed by atoms with E-state index in [0.29, 0.717) is 80.8 Å². The number of epoxide rings is 2. The number of benzene rings is 2. The van der Waals surface area contributed by atoms with E-state index in [-0.39, 0.29) is 90.6 Å². The van der Waals surface area contributed by atoms with E-state index in [9.17, 15) is 67.7 Å². The summed E-state index contributed by atoms with van der Waals surface area (Å²) in [5.41, 5.74) is -1.70. The van der Waals surface area contributed by atoms with Gasteiger partial charge in [0.25, 0.3) is 23.6 Å². The van der Waals surface area contributed by atoms with Crippen molar-refractivity contribution in [2.75, 3.05) is 79.5 Å². The number of nitrogens with zero attached hydrogens (tertiary/aromatic N) is 5. The molecule has 10 rings (SSSR count). The predicted molar refractivity (Wildman–Crippen MR) is 478 cm³/mol. The summed E-state index contributed by atoms with van der Waals surface area (Å²) in [7, 11) is 12.1. The van der Waals surface area contributed by atoms with Crippen LogP contribution in [0, 0.1) is 11.8 Å². The highest BCUT2D eigenvalue weighted by atomic mass is 35.5. The van der Waals surface area contributed by atoms with Gasteiger partial charge in [0.2, 0.25) is 17.7 Å². The predicted octanol–water partition coefficient (Wildman–Crippen LogP) is 11.7. The van der Waals surface area contributed by atoms with Gasteiger partial charge in [-0.1, -0.05) is 152 Å². The van der Waals surface area contributed by atoms with Gasteiger partial charge in [-0.15, -0.1) is 0 Å². The van der Waals surface area contributed by atoms with Crippen LogP contribution in [0.15, 0.2) is 96.2 Å². The van der Waals surface area contributed by atoms with E-state index in [1.165, 1.54) is 99.2 Å². The highest BCUT2D eigenvalue weighted by Crippen LogP contribution is 2.51. The fourth-order valence-electron chi connectivity index (χ4n) is 15.1. The van der Waals surface area contributed by atoms with Crippen LogP contribution in [-0.2, 0) is 98.7 Å². The Morgan fingerprint density at radius 2 is 0.953 bits per heavy atom. The molecule has 0 aliphatic carbocycles. The van der Waals surface area contributed by atoms with Crippen molar-refractivity contribution in [3.05, 3.63) is 117 Å². The first-order valence-corrected chi connectivity index (χ1v) is 44.1. The molecule has 127 heavy (non-hydrogen) atoms. The van der Waals surface area contributed by atoms with Crippen LogP contribution < -0.4 is 35.2 Å². The van der Waals surface area contributed by atoms with Crippen molar-refractivity contribution < 1.29 is 120 Å². The summed E-state index contributed by atoms with van der Waals surface area (Å²) in [5, 5.41) is 40.1. The number of aliphatic hydroxyl groups is 2. The molecular formula is C92H134Cl2N8O25. The van der Waals surface area contributed by atoms with Crippen LogP contribution in [0.25, 0.3) is 0 Å². The maximum absolute atomic E-state index is 14.2. The van der Waals surface area contributed by atoms with Gasteiger partial charge >= 0.3 is 30.1 Å². The number of fused-ring (bicyclic) bond motifs is 10. The number of methoxy groups -OCH3 is 4. The lowest BCUT2D eigenvalue weighted by molar-refractivity contribution is -0.162. The molecule has 8 heterocycles. The number of carboxylic acid groups (broad SMARTS) is 1. The van der Waals surface area contributed by atoms with Crippen molar-refractivity contribution >= 4 is 106 Å². The van der Waals surface area contributed by atoms with Crippen molar-refractivity contribution in [2.45, 2.75) is 283 Å². The molecule has 9 amide bonds. The number of nitrogens with one attached hydrogen (secondary N) is 3. The molecule has 2 aromatic rings. The summed E-state index contributed by atoms with van der Waals surface area (Å²) < 4.78 is 58.1. The zero-order valence-corrected chi connectivity index (χ0v) is 79.1. The first-order valence-electron chi connectivity index (χ1n) is 43.3. The maximum atomic E-state index is 14.2. The smallest absolute Gasteiger partial charge is 0.409 e. The van der Waals surface area contributed by atoms with Crippen LogP contribution in [-0.4, -0.2) is 255 Å². The Labute approximate surface area is 756 Å². The first kappa shape index (κ1) is 108. The number of carboxylic acids is 1. The molecule has 0 spiro atoms. The lowest BCUT2D eigenvalue weighted by Crippen LogP contribution is -2.63. The number of halogens is 2. The number of alkyl carbamates (subject to hydrolysis) is 2. The van der Waals surface area contributed by atoms with Gasteiger partial charge in [0.05, 0.1) is 50.6 Å². The molecule has 0 saturated carbocycles. The van der Waals surface area contributed by atoms with Crippen LogP contribution in [0.1, 0.15) is 198 Å². The number of anilines is 2. The molecule has 16 atom stereocenters. The minimum atomic E-state index is -1.85. The van der Waals surface area contributed by atoms with E-state index in [4.69, 9.17) is 75.7 Å². The summed E-state index contributed by atoms with van der Waals surface area (Å²) >= 11 is 13.5. The third kappa shape index (κ3) is 29.2. The van der Waals surface area contributed by atoms with Gasteiger partial charge in [0, 0.05) is 110 Å². The Balaban J connectivity index is 0.000000368. The zero-order valence-electron chi connectivity index (χ0n) is 77.6. The summed E-state index contributed by atoms with van der Waals surface area (Å²) in [5.74, 6) is -4.83. The first-order chi connectivity index (χ1) is 59.9. The highest BCUT2D eigenvalue weighted by Gasteiger charge is 2.66. The summed E-state index contributed by atoms with van der Waals surface area (Å²) in [6, 6.07) is 5.49. The van der Waals surface area contributed by atoms with E-state index in [1.54, 1.807) is 91.3 Å². The van der Waals surface area contributed by atoms with E-state index in [1.807, 2.05) is 52.8 Å². The van der Waals surface area contributed by atoms with Crippen LogP contribution in [0.5, 0.6) is 11.5 Å². The van der Waals surface area contributed by atoms with E-state index in [2.05, 4.69) is 43.6 Å². The van der Waals surface area contributed by atoms with E-state index < -0.39 is 131 Å². The molecule has 33 nitrogen and oxygen atoms in total. The molecule has 0 radical (unpaired) electrons. The number of likely N-dealkylation sites (N-methyl/N-ethyl adjacent to an activating group) is 2. The molecule has 2 unspecified atom stereocenters. The van der Waals surface area contributed by atoms with E-state index in [0.717, 1.165) is 27.2 Å². The molecule has 706 valence electrons. The number of carbonyl (C=O) groups is 12. The number of unbranched alkanes of at least 4 members (excludes halogenated alkanes) is 4. The van der Waals surface area contributed by atoms with Crippen molar-refractivity contribution in [3.63, 3.8) is 0 Å². The second-order valence-electron chi connectivity index (χ2n) is 32.9. The Morgan fingerprint density at radius 3 is 1.30 bits per heavy atom. The average Bonchev–Trinajstić information content (AvgIpc) is 1.57. The minimum absolute atomic E-state index is 0.00553. The van der Waals surface area contributed by atoms with Gasteiger partial charge < -0.3 is 82.7 Å². The number of carbonyl (C=O) groups excluding carboxylic acids is 11. The lowest BCUT2D eigenvalue weighted by atomic mass is 9.83. The molecule has 8 aliphatic rings. The number of hydrogen-bond donors (Lipinski definition) is 6. The molecule has 6 N–H and O–H groups in total. The molecule has 8 aliphatic heterocycles. The molecule has 4 fully saturated rings. The van der Waals surface area contributed by atoms with Crippen molar-refractivity contribution in [1.29, 1.82) is 0 Å². The van der Waals surface area contributed by atoms with Gasteiger partial charge in [-0.3, -0.25) is 63.6 Å². The van der Waals surface area contributed by atoms with Crippen LogP contribution in [0.4, 0.5) is 21.0 Å². The Hall–Kier alpha value is -9.58. The molecular weight excluding hydrogens is 1690 g/mol. The fraction of sp³-hybridized carbons (Fsp3) is 0.609. The monoisotopic (exact) mass is 1820 g/mol. The third-order valence-corrected chi connectivity index (χ3v) is 23.6. The van der Waals surface area contributed by atoms with Crippen molar-refractivity contribution in [2.24, 2.45) is 11.8 Å². The van der Waals surface area contributed by atoms with Gasteiger partial charge in [-0.25, -0.2) is 14.4 Å². The van der Waals surface area contributed by atoms with Crippen LogP contribution in [0.3, 0.4) is 0 Å². The maximum Gasteiger partial charge on any atom is 0.409 e. The topological polar surface area (TPSA) is 417 Å². The number of aliphatic carboxylic acids is 1. The standard InChI is InChI=1S/C42H55ClN4O12.C32H44ClN3O9.C10H13NO4.2C3H8.C2H6/c1-24-13-12-14-31(56-8)42(54)23-30(57-40(53)44-42)25(2)38-41(4,59-38)32(22-36(51)46(6)28-20-27(19-24)21-29(55-7)37(28)43)58-39(52)26(3)45(5)33(48)15-10-9-11-18-47-34(49)16-17-35(47)50;1-17-10-9-11-24(42-8)32(40)16-23(43-30(39)35-32)18(2)28-31(4,45-28)25(44-29(38)19(3)34-5)15-26(37)36(6)21-13-20(12-17)14-22(41-7)27(21)33;12-8-5-6-9(13)11(8)7-3-1-2-4-10(14)15;2*1-3-2;1-2/h12-14,16-17,20-21,25-26,30-32,38,54H,9-11,15,18-19,22-23H2,1-8H3,(H,44,53);9-11,13-14,18-19,23-25,28,34,40H,12,15-16H2,1-8H3,(H,35,39);5-6H,1-4,7H2,(H,14,15);2*3H2,1-2H3;1-2H3/b14-12+,24-13+;11-9+,17-10+;;;;/t25-,26+,30+,31-,32+,38?,41+,42+;18-,19+,23+,24-,25+,28?,31+,32+;;;;/m11..../s1. The highest BCUT2D eigenvalue weighted by molar-refractivity contribution is 6.36. The Morgan fingerprint density at radius 1 is 0.591 bits per heavy atom. The average molecular weight is 1820 g/mol. The fourth-order valence-corrected chi connectivity index (χ4v) is 15.7. The molecule has 0 aromatic heterocycles. The lowest BCUT2D eigenvalue weighted by Gasteiger charge is -2.42. The quantitative estimate of drug-likeness (QED) is 0.0210. The second-order valence-corrected chi connectivity index (χ2v) is 33.6. The number of esters is 2. The minimum Gasteiger partial charge on any atom is -0.495 e. The summed E-state index contributed by atoms with van der Waals surface area (Å²) in [6.45, 7) is 27.2. The van der Waals surface area contributed by atoms with Gasteiger partial charge in [-0.05, 0) is 123 Å². The number of allylic oxidation sites excluding steroid dienone is 6. The number of amides is 9. The van der Waals surface area contributed by atoms with Crippen LogP contribution in [0.2, 0.25) is 10.0 Å². The number of ether oxygens (including phenoxy) is 10. The number of hydrogen-bond acceptors (Lipinski definition) is 25. The van der Waals surface area contributed by atoms with Gasteiger partial charge in [-0.2, -0.15) is 0 Å². The second kappa shape index (κ2) is 49.8.